The van der Waals surface area contributed by atoms with Crippen LogP contribution in [0.3, 0.4) is 0 Å². The van der Waals surface area contributed by atoms with Crippen LogP contribution in [0.15, 0.2) is 0 Å². The number of amides is 2. The van der Waals surface area contributed by atoms with Gasteiger partial charge < -0.3 is 15.5 Å². The number of piperidine rings is 1. The predicted molar refractivity (Wildman–Crippen MR) is 82.6 cm³/mol. The van der Waals surface area contributed by atoms with E-state index in [4.69, 9.17) is 5.73 Å². The average molecular weight is 295 g/mol. The fraction of sp³-hybridized carbons (Fsp3) is 0.875. The molecule has 2 aliphatic rings. The SMILES string of the molecule is CCC[C@H]1CN(C(=O)CCCN2CCCCC2=O)C[C@@H]1N. The Morgan fingerprint density at radius 3 is 2.86 bits per heavy atom. The second-order valence-electron chi connectivity index (χ2n) is 6.45. The number of nitrogens with zero attached hydrogens (tertiary/aromatic N) is 2. The summed E-state index contributed by atoms with van der Waals surface area (Å²) in [6.45, 7) is 5.26. The highest BCUT2D eigenvalue weighted by Gasteiger charge is 2.31. The second kappa shape index (κ2) is 7.78. The minimum absolute atomic E-state index is 0.137. The molecule has 21 heavy (non-hydrogen) atoms. The Bertz CT molecular complexity index is 373. The Morgan fingerprint density at radius 2 is 2.14 bits per heavy atom. The van der Waals surface area contributed by atoms with Gasteiger partial charge in [-0.25, -0.2) is 0 Å². The van der Waals surface area contributed by atoms with Crippen molar-refractivity contribution in [2.75, 3.05) is 26.2 Å². The van der Waals surface area contributed by atoms with Crippen LogP contribution in [0.25, 0.3) is 0 Å². The molecule has 2 N–H and O–H groups in total. The van der Waals surface area contributed by atoms with Crippen molar-refractivity contribution >= 4 is 11.8 Å². The van der Waals surface area contributed by atoms with Crippen LogP contribution in [-0.2, 0) is 9.59 Å². The highest BCUT2D eigenvalue weighted by molar-refractivity contribution is 5.78. The number of carbonyl (C=O) groups is 2. The average Bonchev–Trinajstić information content (AvgIpc) is 2.83. The predicted octanol–water partition coefficient (Wildman–Crippen LogP) is 1.36. The van der Waals surface area contributed by atoms with E-state index in [0.717, 1.165) is 51.7 Å². The van der Waals surface area contributed by atoms with Crippen molar-refractivity contribution in [3.63, 3.8) is 0 Å². The van der Waals surface area contributed by atoms with Crippen molar-refractivity contribution in [3.8, 4) is 0 Å². The maximum absolute atomic E-state index is 12.2. The minimum Gasteiger partial charge on any atom is -0.343 e. The number of rotatable bonds is 6. The van der Waals surface area contributed by atoms with Crippen molar-refractivity contribution in [1.82, 2.24) is 9.80 Å². The van der Waals surface area contributed by atoms with Gasteiger partial charge in [-0.1, -0.05) is 13.3 Å². The topological polar surface area (TPSA) is 66.6 Å². The number of likely N-dealkylation sites (tertiary alicyclic amines) is 2. The molecule has 5 nitrogen and oxygen atoms in total. The monoisotopic (exact) mass is 295 g/mol. The first kappa shape index (κ1) is 16.3. The van der Waals surface area contributed by atoms with Gasteiger partial charge in [0.25, 0.3) is 0 Å². The molecule has 0 unspecified atom stereocenters. The summed E-state index contributed by atoms with van der Waals surface area (Å²) in [5, 5.41) is 0. The van der Waals surface area contributed by atoms with Gasteiger partial charge in [-0.3, -0.25) is 9.59 Å². The smallest absolute Gasteiger partial charge is 0.222 e. The number of carbonyl (C=O) groups excluding carboxylic acids is 2. The molecule has 2 aliphatic heterocycles. The molecule has 0 aromatic rings. The zero-order valence-electron chi connectivity index (χ0n) is 13.2. The van der Waals surface area contributed by atoms with Crippen LogP contribution in [0.2, 0.25) is 0 Å². The van der Waals surface area contributed by atoms with E-state index < -0.39 is 0 Å². The summed E-state index contributed by atoms with van der Waals surface area (Å²) in [6.07, 6.45) is 6.32. The molecule has 0 aromatic carbocycles. The summed E-state index contributed by atoms with van der Waals surface area (Å²) >= 11 is 0. The van der Waals surface area contributed by atoms with Gasteiger partial charge in [0.1, 0.15) is 0 Å². The minimum atomic E-state index is 0.137. The molecule has 0 bridgehead atoms. The molecular formula is C16H29N3O2. The zero-order chi connectivity index (χ0) is 15.2. The third-order valence-electron chi connectivity index (χ3n) is 4.74. The molecule has 0 aliphatic carbocycles. The van der Waals surface area contributed by atoms with Crippen molar-refractivity contribution < 1.29 is 9.59 Å². The second-order valence-corrected chi connectivity index (χ2v) is 6.45. The van der Waals surface area contributed by atoms with Crippen molar-refractivity contribution in [3.05, 3.63) is 0 Å². The Kier molecular flexibility index (Phi) is 6.03. The number of hydrogen-bond donors (Lipinski definition) is 1. The third-order valence-corrected chi connectivity index (χ3v) is 4.74. The lowest BCUT2D eigenvalue weighted by atomic mass is 9.99. The van der Waals surface area contributed by atoms with Crippen molar-refractivity contribution in [1.29, 1.82) is 0 Å². The standard InChI is InChI=1S/C16H29N3O2/c1-2-6-13-11-19(12-14(13)17)16(21)8-5-10-18-9-4-3-7-15(18)20/h13-14H,2-12,17H2,1H3/t13-,14-/m0/s1. The molecule has 0 radical (unpaired) electrons. The van der Waals surface area contributed by atoms with Gasteiger partial charge in [0.2, 0.25) is 11.8 Å². The van der Waals surface area contributed by atoms with Crippen LogP contribution in [0.4, 0.5) is 0 Å². The first-order valence-electron chi connectivity index (χ1n) is 8.43. The van der Waals surface area contributed by atoms with E-state index >= 15 is 0 Å². The Labute approximate surface area is 127 Å². The Balaban J connectivity index is 1.69. The van der Waals surface area contributed by atoms with Crippen LogP contribution in [0.1, 0.15) is 51.9 Å². The summed E-state index contributed by atoms with van der Waals surface area (Å²) in [4.78, 5) is 27.8. The Morgan fingerprint density at radius 1 is 1.33 bits per heavy atom. The molecule has 0 aromatic heterocycles. The Hall–Kier alpha value is -1.10. The molecule has 2 fully saturated rings. The van der Waals surface area contributed by atoms with Crippen molar-refractivity contribution in [2.45, 2.75) is 57.9 Å². The highest BCUT2D eigenvalue weighted by Crippen LogP contribution is 2.21. The van der Waals surface area contributed by atoms with Crippen LogP contribution in [0, 0.1) is 5.92 Å². The van der Waals surface area contributed by atoms with E-state index in [0.29, 0.717) is 25.3 Å². The molecular weight excluding hydrogens is 266 g/mol. The van der Waals surface area contributed by atoms with Gasteiger partial charge >= 0.3 is 0 Å². The van der Waals surface area contributed by atoms with Gasteiger partial charge in [-0.05, 0) is 31.6 Å². The summed E-state index contributed by atoms with van der Waals surface area (Å²) < 4.78 is 0. The molecule has 5 heteroatoms. The lowest BCUT2D eigenvalue weighted by molar-refractivity contribution is -0.134. The van der Waals surface area contributed by atoms with Gasteiger partial charge in [-0.15, -0.1) is 0 Å². The van der Waals surface area contributed by atoms with Crippen molar-refractivity contribution in [2.24, 2.45) is 11.7 Å². The summed E-state index contributed by atoms with van der Waals surface area (Å²) in [5.41, 5.74) is 6.11. The molecule has 0 spiro atoms. The normalized spacial score (nSPS) is 26.5. The number of hydrogen-bond acceptors (Lipinski definition) is 3. The quantitative estimate of drug-likeness (QED) is 0.804. The summed E-state index contributed by atoms with van der Waals surface area (Å²) in [5.74, 6) is 0.913. The van der Waals surface area contributed by atoms with Crippen LogP contribution < -0.4 is 5.73 Å². The molecule has 120 valence electrons. The van der Waals surface area contributed by atoms with Gasteiger partial charge in [0.15, 0.2) is 0 Å². The van der Waals surface area contributed by atoms with E-state index in [-0.39, 0.29) is 17.9 Å². The molecule has 0 saturated carbocycles. The van der Waals surface area contributed by atoms with E-state index in [1.54, 1.807) is 0 Å². The maximum atomic E-state index is 12.2. The largest absolute Gasteiger partial charge is 0.343 e. The molecule has 2 atom stereocenters. The van der Waals surface area contributed by atoms with E-state index in [9.17, 15) is 9.59 Å². The molecule has 2 heterocycles. The first-order valence-corrected chi connectivity index (χ1v) is 8.43. The summed E-state index contributed by atoms with van der Waals surface area (Å²) in [6, 6.07) is 0.137. The maximum Gasteiger partial charge on any atom is 0.222 e. The fourth-order valence-corrected chi connectivity index (χ4v) is 3.45. The molecule has 2 saturated heterocycles. The first-order chi connectivity index (χ1) is 10.1. The van der Waals surface area contributed by atoms with Crippen LogP contribution in [-0.4, -0.2) is 53.8 Å². The van der Waals surface area contributed by atoms with E-state index in [1.165, 1.54) is 0 Å². The zero-order valence-corrected chi connectivity index (χ0v) is 13.2. The summed E-state index contributed by atoms with van der Waals surface area (Å²) in [7, 11) is 0. The van der Waals surface area contributed by atoms with Gasteiger partial charge in [-0.2, -0.15) is 0 Å². The van der Waals surface area contributed by atoms with E-state index in [2.05, 4.69) is 6.92 Å². The van der Waals surface area contributed by atoms with E-state index in [1.807, 2.05) is 9.80 Å². The fourth-order valence-electron chi connectivity index (χ4n) is 3.45. The lowest BCUT2D eigenvalue weighted by Crippen LogP contribution is -2.37. The number of nitrogens with two attached hydrogens (primary N) is 1. The van der Waals surface area contributed by atoms with Gasteiger partial charge in [0, 0.05) is 45.1 Å². The highest BCUT2D eigenvalue weighted by atomic mass is 16.2. The lowest BCUT2D eigenvalue weighted by Gasteiger charge is -2.26. The molecule has 2 amide bonds. The molecule has 2 rings (SSSR count). The van der Waals surface area contributed by atoms with Crippen LogP contribution >= 0.6 is 0 Å². The third kappa shape index (κ3) is 4.43. The van der Waals surface area contributed by atoms with Crippen LogP contribution in [0.5, 0.6) is 0 Å². The van der Waals surface area contributed by atoms with Gasteiger partial charge in [0.05, 0.1) is 0 Å².